The third kappa shape index (κ3) is 4.80. The van der Waals surface area contributed by atoms with E-state index in [-0.39, 0.29) is 34.3 Å². The fourth-order valence-corrected chi connectivity index (χ4v) is 2.21. The number of hydrogen-bond donors (Lipinski definition) is 5. The van der Waals surface area contributed by atoms with Gasteiger partial charge in [-0.15, -0.1) is 0 Å². The molecule has 10 heteroatoms. The topological polar surface area (TPSA) is 150 Å². The van der Waals surface area contributed by atoms with Crippen LogP contribution in [0.25, 0.3) is 0 Å². The van der Waals surface area contributed by atoms with E-state index < -0.39 is 23.3 Å². The summed E-state index contributed by atoms with van der Waals surface area (Å²) in [5.41, 5.74) is 4.68. The quantitative estimate of drug-likeness (QED) is 0.505. The minimum atomic E-state index is -0.816. The molecule has 1 aromatic heterocycles. The molecule has 0 fully saturated rings. The van der Waals surface area contributed by atoms with Gasteiger partial charge >= 0.3 is 0 Å². The molecule has 1 heterocycles. The number of anilines is 1. The number of aromatic amines is 1. The smallest absolute Gasteiger partial charge is 0.273 e. The highest BCUT2D eigenvalue weighted by atomic mass is 35.5. The highest BCUT2D eigenvalue weighted by Crippen LogP contribution is 2.20. The first kappa shape index (κ1) is 19.4. The summed E-state index contributed by atoms with van der Waals surface area (Å²) >= 11 is 6.01. The number of nitrogens with one attached hydrogen (secondary N) is 3. The Hall–Kier alpha value is -2.91. The van der Waals surface area contributed by atoms with Crippen molar-refractivity contribution in [3.05, 3.63) is 46.2 Å². The lowest BCUT2D eigenvalue weighted by atomic mass is 10.1. The van der Waals surface area contributed by atoms with Gasteiger partial charge in [0.15, 0.2) is 5.69 Å². The summed E-state index contributed by atoms with van der Waals surface area (Å²) in [5, 5.41) is 20.7. The molecule has 26 heavy (non-hydrogen) atoms. The number of nitrogens with zero attached hydrogens (tertiary/aromatic N) is 1. The first-order valence-corrected chi connectivity index (χ1v) is 7.89. The summed E-state index contributed by atoms with van der Waals surface area (Å²) in [6, 6.07) is 5.53. The molecule has 3 amide bonds. The predicted octanol–water partition coefficient (Wildman–Crippen LogP) is 0.915. The van der Waals surface area contributed by atoms with Gasteiger partial charge in [0.1, 0.15) is 5.69 Å². The lowest BCUT2D eigenvalue weighted by molar-refractivity contribution is 0.0868. The molecule has 0 saturated heterocycles. The molecule has 0 aliphatic carbocycles. The molecule has 2 aromatic rings. The molecular formula is C16H18ClN5O4. The van der Waals surface area contributed by atoms with Crippen molar-refractivity contribution in [1.29, 1.82) is 0 Å². The van der Waals surface area contributed by atoms with Gasteiger partial charge in [0.25, 0.3) is 17.7 Å². The number of hydrogen-bond acceptors (Lipinski definition) is 5. The van der Waals surface area contributed by atoms with Gasteiger partial charge < -0.3 is 21.5 Å². The number of aromatic nitrogens is 2. The molecule has 0 saturated carbocycles. The molecule has 2 rings (SSSR count). The first-order valence-electron chi connectivity index (χ1n) is 7.52. The Balaban J connectivity index is 2.19. The zero-order valence-corrected chi connectivity index (χ0v) is 14.8. The molecule has 9 nitrogen and oxygen atoms in total. The summed E-state index contributed by atoms with van der Waals surface area (Å²) in [6.07, 6.45) is 0. The van der Waals surface area contributed by atoms with Crippen LogP contribution in [-0.4, -0.2) is 45.2 Å². The van der Waals surface area contributed by atoms with Crippen molar-refractivity contribution < 1.29 is 19.5 Å². The zero-order chi connectivity index (χ0) is 19.5. The maximum atomic E-state index is 12.3. The molecule has 0 atom stereocenters. The number of aliphatic hydroxyl groups is 1. The van der Waals surface area contributed by atoms with Crippen molar-refractivity contribution in [1.82, 2.24) is 15.5 Å². The van der Waals surface area contributed by atoms with Crippen LogP contribution in [0.15, 0.2) is 24.3 Å². The van der Waals surface area contributed by atoms with Gasteiger partial charge in [0, 0.05) is 22.3 Å². The molecule has 0 aliphatic heterocycles. The standard InChI is InChI=1S/C16H18ClN5O4/c1-16(2,7-23)20-14(25)8-3-9(17)5-10(4-8)19-15(26)12-6-11(13(18)24)21-22-12/h3-6,23H,7H2,1-2H3,(H2,18,24)(H,19,26)(H,20,25)(H,21,22). The lowest BCUT2D eigenvalue weighted by Gasteiger charge is -2.23. The number of aliphatic hydroxyl groups excluding tert-OH is 1. The van der Waals surface area contributed by atoms with E-state index in [4.69, 9.17) is 17.3 Å². The Morgan fingerprint density at radius 3 is 2.50 bits per heavy atom. The van der Waals surface area contributed by atoms with Crippen molar-refractivity contribution >= 4 is 35.0 Å². The third-order valence-electron chi connectivity index (χ3n) is 3.34. The normalized spacial score (nSPS) is 11.1. The predicted molar refractivity (Wildman–Crippen MR) is 95.1 cm³/mol. The molecule has 0 unspecified atom stereocenters. The number of halogens is 1. The van der Waals surface area contributed by atoms with Crippen LogP contribution in [0.4, 0.5) is 5.69 Å². The zero-order valence-electron chi connectivity index (χ0n) is 14.1. The van der Waals surface area contributed by atoms with Crippen LogP contribution in [0.3, 0.4) is 0 Å². The van der Waals surface area contributed by atoms with Crippen LogP contribution in [0.5, 0.6) is 0 Å². The lowest BCUT2D eigenvalue weighted by Crippen LogP contribution is -2.46. The van der Waals surface area contributed by atoms with E-state index in [9.17, 15) is 19.5 Å². The van der Waals surface area contributed by atoms with E-state index in [0.29, 0.717) is 0 Å². The second kappa shape index (κ2) is 7.54. The van der Waals surface area contributed by atoms with E-state index >= 15 is 0 Å². The van der Waals surface area contributed by atoms with Crippen molar-refractivity contribution in [2.75, 3.05) is 11.9 Å². The van der Waals surface area contributed by atoms with Crippen LogP contribution in [0.1, 0.15) is 45.2 Å². The van der Waals surface area contributed by atoms with E-state index in [1.807, 2.05) is 0 Å². The number of primary amides is 1. The summed E-state index contributed by atoms with van der Waals surface area (Å²) in [7, 11) is 0. The largest absolute Gasteiger partial charge is 0.394 e. The number of carbonyl (C=O) groups is 3. The Labute approximate surface area is 153 Å². The van der Waals surface area contributed by atoms with Gasteiger partial charge in [-0.2, -0.15) is 5.10 Å². The summed E-state index contributed by atoms with van der Waals surface area (Å²) < 4.78 is 0. The fourth-order valence-electron chi connectivity index (χ4n) is 1.97. The number of H-pyrrole nitrogens is 1. The highest BCUT2D eigenvalue weighted by Gasteiger charge is 2.21. The number of amides is 3. The highest BCUT2D eigenvalue weighted by molar-refractivity contribution is 6.31. The number of carbonyl (C=O) groups excluding carboxylic acids is 3. The van der Waals surface area contributed by atoms with Crippen molar-refractivity contribution in [2.24, 2.45) is 5.73 Å². The molecule has 138 valence electrons. The van der Waals surface area contributed by atoms with Crippen molar-refractivity contribution in [3.8, 4) is 0 Å². The van der Waals surface area contributed by atoms with E-state index in [1.54, 1.807) is 13.8 Å². The second-order valence-corrected chi connectivity index (χ2v) is 6.65. The summed E-state index contributed by atoms with van der Waals surface area (Å²) in [6.45, 7) is 3.07. The Morgan fingerprint density at radius 2 is 1.92 bits per heavy atom. The Bertz CT molecular complexity index is 862. The molecule has 1 aromatic carbocycles. The van der Waals surface area contributed by atoms with Gasteiger partial charge in [-0.3, -0.25) is 19.5 Å². The molecular weight excluding hydrogens is 362 g/mol. The molecule has 0 radical (unpaired) electrons. The monoisotopic (exact) mass is 379 g/mol. The van der Waals surface area contributed by atoms with Gasteiger partial charge in [0.05, 0.1) is 12.1 Å². The van der Waals surface area contributed by atoms with Gasteiger partial charge in [-0.25, -0.2) is 0 Å². The fraction of sp³-hybridized carbons (Fsp3) is 0.250. The maximum Gasteiger partial charge on any atom is 0.273 e. The van der Waals surface area contributed by atoms with Crippen molar-refractivity contribution in [2.45, 2.75) is 19.4 Å². The van der Waals surface area contributed by atoms with Crippen LogP contribution in [0.2, 0.25) is 5.02 Å². The van der Waals surface area contributed by atoms with E-state index in [0.717, 1.165) is 0 Å². The first-order chi connectivity index (χ1) is 12.1. The minimum Gasteiger partial charge on any atom is -0.394 e. The SMILES string of the molecule is CC(C)(CO)NC(=O)c1cc(Cl)cc(NC(=O)c2cc(C(N)=O)n[nH]2)c1. The van der Waals surface area contributed by atoms with Crippen LogP contribution >= 0.6 is 11.6 Å². The second-order valence-electron chi connectivity index (χ2n) is 6.21. The average molecular weight is 380 g/mol. The van der Waals surface area contributed by atoms with Crippen molar-refractivity contribution in [3.63, 3.8) is 0 Å². The van der Waals surface area contributed by atoms with Crippen LogP contribution in [0, 0.1) is 0 Å². The molecule has 0 aliphatic rings. The third-order valence-corrected chi connectivity index (χ3v) is 3.56. The van der Waals surface area contributed by atoms with Gasteiger partial charge in [-0.05, 0) is 32.0 Å². The molecule has 6 N–H and O–H groups in total. The van der Waals surface area contributed by atoms with E-state index in [1.165, 1.54) is 24.3 Å². The molecule has 0 spiro atoms. The van der Waals surface area contributed by atoms with Gasteiger partial charge in [0.2, 0.25) is 0 Å². The number of benzene rings is 1. The number of rotatable bonds is 6. The molecule has 0 bridgehead atoms. The maximum absolute atomic E-state index is 12.3. The summed E-state index contributed by atoms with van der Waals surface area (Å²) in [4.78, 5) is 35.5. The number of nitrogens with two attached hydrogens (primary N) is 1. The minimum absolute atomic E-state index is 0.0196. The Morgan fingerprint density at radius 1 is 1.23 bits per heavy atom. The van der Waals surface area contributed by atoms with Crippen LogP contribution < -0.4 is 16.4 Å². The Kier molecular flexibility index (Phi) is 5.63. The average Bonchev–Trinajstić information content (AvgIpc) is 3.04. The van der Waals surface area contributed by atoms with Crippen LogP contribution in [-0.2, 0) is 0 Å². The van der Waals surface area contributed by atoms with Gasteiger partial charge in [-0.1, -0.05) is 11.6 Å². The van der Waals surface area contributed by atoms with E-state index in [2.05, 4.69) is 20.8 Å². The summed E-state index contributed by atoms with van der Waals surface area (Å²) in [5.74, 6) is -1.82.